The Bertz CT molecular complexity index is 502. The lowest BCUT2D eigenvalue weighted by Gasteiger charge is -2.36. The third-order valence-corrected chi connectivity index (χ3v) is 3.49. The van der Waals surface area contributed by atoms with Crippen molar-refractivity contribution < 1.29 is 9.90 Å². The van der Waals surface area contributed by atoms with Crippen LogP contribution in [0.3, 0.4) is 0 Å². The fourth-order valence-corrected chi connectivity index (χ4v) is 2.23. The standard InChI is InChI=1S/C15H22N6O2/c16-7-1-5-15(6-2-8-17,13(22)20-11-3-9-18)14(23)21-12-4-10-19/h7,13,16,20,22H,1-6,11-12H2,(H,21,23)/t13-,15?/m1/s1. The molecule has 0 bridgehead atoms. The molecular weight excluding hydrogens is 296 g/mol. The molecule has 0 aliphatic carbocycles. The van der Waals surface area contributed by atoms with Gasteiger partial charge in [-0.3, -0.25) is 10.1 Å². The molecule has 0 rings (SSSR count). The van der Waals surface area contributed by atoms with Gasteiger partial charge in [-0.1, -0.05) is 0 Å². The Labute approximate surface area is 136 Å². The van der Waals surface area contributed by atoms with Crippen LogP contribution in [0.1, 0.15) is 38.5 Å². The minimum absolute atomic E-state index is 0.0701. The van der Waals surface area contributed by atoms with Crippen LogP contribution in [0.25, 0.3) is 0 Å². The summed E-state index contributed by atoms with van der Waals surface area (Å²) in [4.78, 5) is 12.6. The van der Waals surface area contributed by atoms with Crippen LogP contribution in [0.15, 0.2) is 0 Å². The van der Waals surface area contributed by atoms with Crippen molar-refractivity contribution in [3.63, 3.8) is 0 Å². The number of aliphatic hydroxyl groups is 1. The number of hydrogen-bond donors (Lipinski definition) is 4. The van der Waals surface area contributed by atoms with E-state index < -0.39 is 17.6 Å². The van der Waals surface area contributed by atoms with Crippen molar-refractivity contribution in [1.29, 1.82) is 21.2 Å². The zero-order valence-electron chi connectivity index (χ0n) is 13.0. The normalized spacial score (nSPS) is 13.7. The van der Waals surface area contributed by atoms with E-state index in [1.165, 1.54) is 0 Å². The van der Waals surface area contributed by atoms with Gasteiger partial charge in [-0.15, -0.1) is 0 Å². The summed E-state index contributed by atoms with van der Waals surface area (Å²) < 4.78 is 0. The summed E-state index contributed by atoms with van der Waals surface area (Å²) in [5, 5.41) is 48.9. The van der Waals surface area contributed by atoms with Gasteiger partial charge in [0.2, 0.25) is 5.91 Å². The van der Waals surface area contributed by atoms with Crippen molar-refractivity contribution in [3.05, 3.63) is 0 Å². The molecule has 0 saturated carbocycles. The molecule has 2 atom stereocenters. The predicted octanol–water partition coefficient (Wildman–Crippen LogP) is 0.558. The average molecular weight is 318 g/mol. The number of amides is 1. The minimum atomic E-state index is -1.28. The molecule has 8 nitrogen and oxygen atoms in total. The van der Waals surface area contributed by atoms with Crippen LogP contribution >= 0.6 is 0 Å². The lowest BCUT2D eigenvalue weighted by molar-refractivity contribution is -0.141. The van der Waals surface area contributed by atoms with E-state index in [0.29, 0.717) is 0 Å². The van der Waals surface area contributed by atoms with Crippen LogP contribution in [0.5, 0.6) is 0 Å². The van der Waals surface area contributed by atoms with E-state index in [1.54, 1.807) is 0 Å². The Balaban J connectivity index is 5.25. The lowest BCUT2D eigenvalue weighted by Crippen LogP contribution is -2.54. The molecule has 8 heteroatoms. The molecule has 4 N–H and O–H groups in total. The molecule has 0 aromatic heterocycles. The summed E-state index contributed by atoms with van der Waals surface area (Å²) in [6, 6.07) is 5.81. The third-order valence-electron chi connectivity index (χ3n) is 3.49. The number of hydrogen-bond acceptors (Lipinski definition) is 7. The quantitative estimate of drug-likeness (QED) is 0.234. The molecule has 1 unspecified atom stereocenters. The maximum Gasteiger partial charge on any atom is 0.230 e. The van der Waals surface area contributed by atoms with Crippen molar-refractivity contribution in [2.45, 2.75) is 44.8 Å². The summed E-state index contributed by atoms with van der Waals surface area (Å²) in [6.07, 6.45) is 0.870. The Morgan fingerprint density at radius 1 is 1.13 bits per heavy atom. The highest BCUT2D eigenvalue weighted by Gasteiger charge is 2.43. The van der Waals surface area contributed by atoms with Gasteiger partial charge in [0, 0.05) is 25.9 Å². The molecule has 0 aromatic carbocycles. The molecule has 0 aliphatic rings. The van der Waals surface area contributed by atoms with Crippen LogP contribution in [0.4, 0.5) is 0 Å². The Kier molecular flexibility index (Phi) is 10.8. The zero-order chi connectivity index (χ0) is 17.6. The summed E-state index contributed by atoms with van der Waals surface area (Å²) in [5.41, 5.74) is -1.28. The molecular formula is C15H22N6O2. The van der Waals surface area contributed by atoms with E-state index in [0.717, 1.165) is 6.21 Å². The number of nitrogens with zero attached hydrogens (tertiary/aromatic N) is 3. The second kappa shape index (κ2) is 12.1. The number of rotatable bonds is 12. The van der Waals surface area contributed by atoms with Gasteiger partial charge in [0.15, 0.2) is 0 Å². The maximum absolute atomic E-state index is 12.6. The minimum Gasteiger partial charge on any atom is -0.377 e. The maximum atomic E-state index is 12.6. The monoisotopic (exact) mass is 318 g/mol. The van der Waals surface area contributed by atoms with Crippen molar-refractivity contribution in [2.75, 3.05) is 13.1 Å². The summed E-state index contributed by atoms with van der Waals surface area (Å²) in [7, 11) is 0. The van der Waals surface area contributed by atoms with Crippen molar-refractivity contribution in [2.24, 2.45) is 5.41 Å². The number of nitrogens with one attached hydrogen (secondary N) is 3. The van der Waals surface area contributed by atoms with Gasteiger partial charge < -0.3 is 15.8 Å². The third kappa shape index (κ3) is 6.88. The molecule has 0 aliphatic heterocycles. The summed E-state index contributed by atoms with van der Waals surface area (Å²) in [6.45, 7) is 0.362. The van der Waals surface area contributed by atoms with Gasteiger partial charge in [-0.2, -0.15) is 15.8 Å². The summed E-state index contributed by atoms with van der Waals surface area (Å²) >= 11 is 0. The average Bonchev–Trinajstić information content (AvgIpc) is 2.55. The first-order chi connectivity index (χ1) is 11.1. The van der Waals surface area contributed by atoms with Gasteiger partial charge in [0.05, 0.1) is 30.0 Å². The Morgan fingerprint density at radius 3 is 2.30 bits per heavy atom. The van der Waals surface area contributed by atoms with Crippen molar-refractivity contribution >= 4 is 12.1 Å². The fourth-order valence-electron chi connectivity index (χ4n) is 2.23. The first-order valence-electron chi connectivity index (χ1n) is 7.38. The van der Waals surface area contributed by atoms with Crippen LogP contribution in [0, 0.1) is 44.8 Å². The lowest BCUT2D eigenvalue weighted by atomic mass is 9.76. The van der Waals surface area contributed by atoms with Crippen molar-refractivity contribution in [1.82, 2.24) is 10.6 Å². The van der Waals surface area contributed by atoms with E-state index in [9.17, 15) is 9.90 Å². The van der Waals surface area contributed by atoms with Crippen LogP contribution in [-0.2, 0) is 4.79 Å². The SMILES string of the molecule is N#CCCNC(=O)C(CCC#N)(CCC=N)[C@@H](O)NCCC#N. The molecule has 124 valence electrons. The molecule has 0 heterocycles. The smallest absolute Gasteiger partial charge is 0.230 e. The first-order valence-corrected chi connectivity index (χ1v) is 7.38. The number of aliphatic hydroxyl groups excluding tert-OH is 1. The topological polar surface area (TPSA) is 157 Å². The fraction of sp³-hybridized carbons (Fsp3) is 0.667. The Morgan fingerprint density at radius 2 is 1.74 bits per heavy atom. The first kappa shape index (κ1) is 20.5. The van der Waals surface area contributed by atoms with E-state index in [-0.39, 0.29) is 51.6 Å². The molecule has 0 spiro atoms. The van der Waals surface area contributed by atoms with Crippen molar-refractivity contribution in [3.8, 4) is 18.2 Å². The van der Waals surface area contributed by atoms with Gasteiger partial charge in [-0.25, -0.2) is 0 Å². The zero-order valence-corrected chi connectivity index (χ0v) is 13.0. The van der Waals surface area contributed by atoms with E-state index >= 15 is 0 Å². The molecule has 0 aromatic rings. The van der Waals surface area contributed by atoms with Gasteiger partial charge >= 0.3 is 0 Å². The molecule has 0 saturated heterocycles. The van der Waals surface area contributed by atoms with Gasteiger partial charge in [-0.05, 0) is 25.5 Å². The molecule has 1 amide bonds. The van der Waals surface area contributed by atoms with Crippen LogP contribution in [-0.4, -0.2) is 36.5 Å². The highest BCUT2D eigenvalue weighted by Crippen LogP contribution is 2.33. The molecule has 23 heavy (non-hydrogen) atoms. The predicted molar refractivity (Wildman–Crippen MR) is 82.8 cm³/mol. The number of carbonyl (C=O) groups excluding carboxylic acids is 1. The second-order valence-electron chi connectivity index (χ2n) is 4.99. The van der Waals surface area contributed by atoms with Crippen LogP contribution < -0.4 is 10.6 Å². The largest absolute Gasteiger partial charge is 0.377 e. The summed E-state index contributed by atoms with van der Waals surface area (Å²) in [5.74, 6) is -0.457. The number of carbonyl (C=O) groups is 1. The Hall–Kier alpha value is -2.47. The van der Waals surface area contributed by atoms with E-state index in [4.69, 9.17) is 21.2 Å². The highest BCUT2D eigenvalue weighted by atomic mass is 16.3. The van der Waals surface area contributed by atoms with Crippen LogP contribution in [0.2, 0.25) is 0 Å². The molecule has 0 radical (unpaired) electrons. The number of nitriles is 3. The highest BCUT2D eigenvalue weighted by molar-refractivity contribution is 5.83. The van der Waals surface area contributed by atoms with E-state index in [2.05, 4.69) is 10.6 Å². The van der Waals surface area contributed by atoms with E-state index in [1.807, 2.05) is 18.2 Å². The van der Waals surface area contributed by atoms with Gasteiger partial charge in [0.25, 0.3) is 0 Å². The second-order valence-corrected chi connectivity index (χ2v) is 4.99. The van der Waals surface area contributed by atoms with Gasteiger partial charge in [0.1, 0.15) is 6.23 Å². The molecule has 0 fully saturated rings.